The number of hydrogen-bond donors (Lipinski definition) is 0. The molecule has 4 heterocycles. The van der Waals surface area contributed by atoms with E-state index in [-0.39, 0.29) is 5.78 Å². The lowest BCUT2D eigenvalue weighted by molar-refractivity contribution is 0.0239. The number of aromatic nitrogens is 1. The van der Waals surface area contributed by atoms with Gasteiger partial charge in [-0.3, -0.25) is 19.6 Å². The molecule has 156 valence electrons. The molecule has 7 nitrogen and oxygen atoms in total. The second-order valence-electron chi connectivity index (χ2n) is 7.88. The summed E-state index contributed by atoms with van der Waals surface area (Å²) in [6.07, 6.45) is 5.17. The highest BCUT2D eigenvalue weighted by atomic mass is 16.5. The van der Waals surface area contributed by atoms with Crippen LogP contribution in [0.2, 0.25) is 0 Å². The molecule has 0 unspecified atom stereocenters. The largest absolute Gasteiger partial charge is 0.478 e. The van der Waals surface area contributed by atoms with Crippen molar-refractivity contribution in [2.45, 2.75) is 13.5 Å². The zero-order chi connectivity index (χ0) is 20.5. The second kappa shape index (κ2) is 8.18. The van der Waals surface area contributed by atoms with Gasteiger partial charge in [0, 0.05) is 45.1 Å². The molecule has 0 N–H and O–H groups in total. The van der Waals surface area contributed by atoms with Crippen LogP contribution in [0.3, 0.4) is 0 Å². The summed E-state index contributed by atoms with van der Waals surface area (Å²) in [5.41, 5.74) is 3.31. The first kappa shape index (κ1) is 19.2. The summed E-state index contributed by atoms with van der Waals surface area (Å²) in [7, 11) is 0. The monoisotopic (exact) mass is 407 g/mol. The number of carbonyl (C=O) groups excluding carboxylic acids is 1. The fourth-order valence-electron chi connectivity index (χ4n) is 4.14. The minimum Gasteiger partial charge on any atom is -0.478 e. The number of morpholine rings is 1. The molecule has 5 rings (SSSR count). The normalized spacial score (nSPS) is 20.6. The Kier molecular flexibility index (Phi) is 5.25. The van der Waals surface area contributed by atoms with E-state index in [9.17, 15) is 4.79 Å². The van der Waals surface area contributed by atoms with Gasteiger partial charge in [0.15, 0.2) is 5.76 Å². The third kappa shape index (κ3) is 3.71. The van der Waals surface area contributed by atoms with Crippen LogP contribution in [-0.2, 0) is 11.3 Å². The van der Waals surface area contributed by atoms with Gasteiger partial charge in [-0.25, -0.2) is 0 Å². The second-order valence-corrected chi connectivity index (χ2v) is 7.88. The maximum Gasteiger partial charge on any atom is 0.232 e. The van der Waals surface area contributed by atoms with Crippen molar-refractivity contribution in [1.82, 2.24) is 14.8 Å². The maximum atomic E-state index is 13.0. The average Bonchev–Trinajstić information content (AvgIpc) is 3.11. The SMILES string of the molecule is Cc1cc2c(c3c1C(=O)/C(=C/c1cccnc1)O3)CN(CCN1CCOCC1)CO2. The van der Waals surface area contributed by atoms with Crippen molar-refractivity contribution in [3.8, 4) is 11.5 Å². The summed E-state index contributed by atoms with van der Waals surface area (Å²) in [6.45, 7) is 8.60. The number of ether oxygens (including phenoxy) is 3. The number of ketones is 1. The number of fused-ring (bicyclic) bond motifs is 3. The molecule has 0 amide bonds. The number of carbonyl (C=O) groups is 1. The van der Waals surface area contributed by atoms with Crippen LogP contribution in [0.5, 0.6) is 11.5 Å². The number of pyridine rings is 1. The number of nitrogens with zero attached hydrogens (tertiary/aromatic N) is 3. The Hall–Kier alpha value is -2.74. The average molecular weight is 407 g/mol. The summed E-state index contributed by atoms with van der Waals surface area (Å²) in [5, 5.41) is 0. The molecular weight excluding hydrogens is 382 g/mol. The van der Waals surface area contributed by atoms with E-state index in [1.807, 2.05) is 25.1 Å². The number of aryl methyl sites for hydroxylation is 1. The smallest absolute Gasteiger partial charge is 0.232 e. The molecule has 3 aliphatic rings. The van der Waals surface area contributed by atoms with Crippen molar-refractivity contribution < 1.29 is 19.0 Å². The topological polar surface area (TPSA) is 64.1 Å². The fraction of sp³-hybridized carbons (Fsp3) is 0.391. The molecule has 1 fully saturated rings. The number of benzene rings is 1. The van der Waals surface area contributed by atoms with Crippen molar-refractivity contribution in [3.63, 3.8) is 0 Å². The summed E-state index contributed by atoms with van der Waals surface area (Å²) in [5.74, 6) is 1.70. The molecule has 0 bridgehead atoms. The summed E-state index contributed by atoms with van der Waals surface area (Å²) in [4.78, 5) is 21.8. The van der Waals surface area contributed by atoms with E-state index in [1.165, 1.54) is 0 Å². The Bertz CT molecular complexity index is 984. The molecule has 1 saturated heterocycles. The molecule has 1 aromatic carbocycles. The van der Waals surface area contributed by atoms with E-state index in [0.717, 1.165) is 61.8 Å². The van der Waals surface area contributed by atoms with Crippen molar-refractivity contribution >= 4 is 11.9 Å². The van der Waals surface area contributed by atoms with Crippen LogP contribution < -0.4 is 9.47 Å². The first-order chi connectivity index (χ1) is 14.7. The highest BCUT2D eigenvalue weighted by Gasteiger charge is 2.35. The van der Waals surface area contributed by atoms with E-state index in [4.69, 9.17) is 14.2 Å². The van der Waals surface area contributed by atoms with Crippen LogP contribution in [-0.4, -0.2) is 66.7 Å². The number of Topliss-reactive ketones (excluding diaryl/α,β-unsaturated/α-hetero) is 1. The van der Waals surface area contributed by atoms with Crippen LogP contribution in [0.15, 0.2) is 36.4 Å². The van der Waals surface area contributed by atoms with Gasteiger partial charge in [0.2, 0.25) is 5.78 Å². The van der Waals surface area contributed by atoms with Gasteiger partial charge < -0.3 is 14.2 Å². The Labute approximate surface area is 175 Å². The molecule has 3 aliphatic heterocycles. The highest BCUT2D eigenvalue weighted by Crippen LogP contribution is 2.43. The van der Waals surface area contributed by atoms with E-state index >= 15 is 0 Å². The van der Waals surface area contributed by atoms with Gasteiger partial charge in [-0.05, 0) is 36.3 Å². The van der Waals surface area contributed by atoms with Crippen molar-refractivity contribution in [2.24, 2.45) is 0 Å². The lowest BCUT2D eigenvalue weighted by atomic mass is 9.98. The van der Waals surface area contributed by atoms with Gasteiger partial charge in [0.25, 0.3) is 0 Å². The van der Waals surface area contributed by atoms with E-state index in [2.05, 4.69) is 14.8 Å². The van der Waals surface area contributed by atoms with E-state index < -0.39 is 0 Å². The Morgan fingerprint density at radius 2 is 2.03 bits per heavy atom. The van der Waals surface area contributed by atoms with Gasteiger partial charge in [-0.15, -0.1) is 0 Å². The lowest BCUT2D eigenvalue weighted by Crippen LogP contribution is -2.43. The zero-order valence-corrected chi connectivity index (χ0v) is 17.1. The number of rotatable bonds is 4. The molecule has 0 spiro atoms. The Morgan fingerprint density at radius 1 is 1.20 bits per heavy atom. The van der Waals surface area contributed by atoms with E-state index in [0.29, 0.717) is 30.3 Å². The standard InChI is InChI=1S/C23H25N3O4/c1-16-11-19-18(14-26(15-29-19)6-5-25-7-9-28-10-8-25)23-21(16)22(27)20(30-23)12-17-3-2-4-24-13-17/h2-4,11-13H,5-10,14-15H2,1H3/b20-12-. The van der Waals surface area contributed by atoms with Gasteiger partial charge in [0.1, 0.15) is 18.2 Å². The molecule has 30 heavy (non-hydrogen) atoms. The molecular formula is C23H25N3O4. The van der Waals surface area contributed by atoms with Gasteiger partial charge in [-0.2, -0.15) is 0 Å². The Balaban J connectivity index is 1.37. The molecule has 1 aromatic heterocycles. The quantitative estimate of drug-likeness (QED) is 0.722. The third-order valence-corrected chi connectivity index (χ3v) is 5.81. The number of hydrogen-bond acceptors (Lipinski definition) is 7. The first-order valence-electron chi connectivity index (χ1n) is 10.3. The summed E-state index contributed by atoms with van der Waals surface area (Å²) >= 11 is 0. The van der Waals surface area contributed by atoms with Crippen LogP contribution in [0.1, 0.15) is 27.0 Å². The summed E-state index contributed by atoms with van der Waals surface area (Å²) in [6, 6.07) is 5.70. The van der Waals surface area contributed by atoms with Gasteiger partial charge in [0.05, 0.1) is 24.3 Å². The predicted octanol–water partition coefficient (Wildman–Crippen LogP) is 2.49. The molecule has 2 aromatic rings. The van der Waals surface area contributed by atoms with Crippen LogP contribution in [0.25, 0.3) is 6.08 Å². The highest BCUT2D eigenvalue weighted by molar-refractivity contribution is 6.15. The molecule has 0 radical (unpaired) electrons. The van der Waals surface area contributed by atoms with Crippen molar-refractivity contribution in [1.29, 1.82) is 0 Å². The van der Waals surface area contributed by atoms with Crippen LogP contribution in [0.4, 0.5) is 0 Å². The third-order valence-electron chi connectivity index (χ3n) is 5.81. The minimum absolute atomic E-state index is 0.0837. The maximum absolute atomic E-state index is 13.0. The van der Waals surface area contributed by atoms with Gasteiger partial charge >= 0.3 is 0 Å². The van der Waals surface area contributed by atoms with Crippen molar-refractivity contribution in [3.05, 3.63) is 58.6 Å². The number of allylic oxidation sites excluding steroid dienone is 1. The van der Waals surface area contributed by atoms with Crippen LogP contribution in [0, 0.1) is 6.92 Å². The fourth-order valence-corrected chi connectivity index (χ4v) is 4.14. The first-order valence-corrected chi connectivity index (χ1v) is 10.3. The van der Waals surface area contributed by atoms with Gasteiger partial charge in [-0.1, -0.05) is 6.07 Å². The van der Waals surface area contributed by atoms with E-state index in [1.54, 1.807) is 18.5 Å². The predicted molar refractivity (Wildman–Crippen MR) is 112 cm³/mol. The van der Waals surface area contributed by atoms with Crippen molar-refractivity contribution in [2.75, 3.05) is 46.1 Å². The molecule has 0 atom stereocenters. The zero-order valence-electron chi connectivity index (χ0n) is 17.1. The molecule has 0 aliphatic carbocycles. The molecule has 0 saturated carbocycles. The minimum atomic E-state index is -0.0837. The Morgan fingerprint density at radius 3 is 2.83 bits per heavy atom. The lowest BCUT2D eigenvalue weighted by Gasteiger charge is -2.33. The van der Waals surface area contributed by atoms with Crippen LogP contribution >= 0.6 is 0 Å². The molecule has 7 heteroatoms. The summed E-state index contributed by atoms with van der Waals surface area (Å²) < 4.78 is 17.6.